The molecule has 35 heavy (non-hydrogen) atoms. The van der Waals surface area contributed by atoms with Crippen molar-refractivity contribution in [3.05, 3.63) is 104 Å². The normalized spacial score (nSPS) is 11.5. The molecule has 0 radical (unpaired) electrons. The second kappa shape index (κ2) is 10.8. The molecule has 12 heteroatoms. The number of ether oxygens (including phenoxy) is 1. The summed E-state index contributed by atoms with van der Waals surface area (Å²) in [6.07, 6.45) is 3.35. The van der Waals surface area contributed by atoms with Gasteiger partial charge in [0, 0.05) is 30.6 Å². The highest BCUT2D eigenvalue weighted by Crippen LogP contribution is 2.21. The van der Waals surface area contributed by atoms with Gasteiger partial charge in [-0.3, -0.25) is 4.57 Å². The lowest BCUT2D eigenvalue weighted by Gasteiger charge is -2.14. The molecule has 0 aliphatic heterocycles. The van der Waals surface area contributed by atoms with Crippen LogP contribution >= 0.6 is 11.6 Å². The van der Waals surface area contributed by atoms with Gasteiger partial charge in [0.05, 0.1) is 12.2 Å². The maximum absolute atomic E-state index is 13.2. The number of rotatable bonds is 8. The van der Waals surface area contributed by atoms with Crippen LogP contribution in [0.15, 0.2) is 81.6 Å². The summed E-state index contributed by atoms with van der Waals surface area (Å²) in [5.41, 5.74) is -0.194. The van der Waals surface area contributed by atoms with Gasteiger partial charge in [-0.1, -0.05) is 23.7 Å². The lowest BCUT2D eigenvalue weighted by atomic mass is 10.2. The molecule has 0 amide bonds. The molecule has 3 N–H and O–H groups in total. The van der Waals surface area contributed by atoms with E-state index in [1.54, 1.807) is 67.0 Å². The van der Waals surface area contributed by atoms with Gasteiger partial charge in [-0.15, -0.1) is 0 Å². The van der Waals surface area contributed by atoms with Crippen LogP contribution in [0.3, 0.4) is 0 Å². The molecule has 0 saturated carbocycles. The van der Waals surface area contributed by atoms with Crippen LogP contribution in [0.25, 0.3) is 0 Å². The van der Waals surface area contributed by atoms with Gasteiger partial charge in [0.15, 0.2) is 0 Å². The molecular formula is C23H22ClN7O4. The highest BCUT2D eigenvalue weighted by Gasteiger charge is 2.13. The van der Waals surface area contributed by atoms with Crippen molar-refractivity contribution in [3.8, 4) is 11.8 Å². The number of nitrogens with zero attached hydrogens (tertiary/aromatic N) is 6. The largest absolute Gasteiger partial charge is 0.424 e. The molecule has 2 aromatic carbocycles. The molecule has 0 bridgehead atoms. The Kier molecular flexibility index (Phi) is 7.38. The van der Waals surface area contributed by atoms with Gasteiger partial charge in [-0.25, -0.2) is 29.1 Å². The number of aromatic nitrogens is 5. The minimum Gasteiger partial charge on any atom is -0.424 e. The van der Waals surface area contributed by atoms with Gasteiger partial charge < -0.3 is 15.7 Å². The monoisotopic (exact) mass is 495 g/mol. The van der Waals surface area contributed by atoms with Crippen LogP contribution in [0, 0.1) is 0 Å². The third kappa shape index (κ3) is 5.65. The lowest BCUT2D eigenvalue weighted by Crippen LogP contribution is -2.57. The van der Waals surface area contributed by atoms with Gasteiger partial charge in [0.25, 0.3) is 0 Å². The Labute approximate surface area is 204 Å². The number of nitrogens with two attached hydrogens (primary N) is 1. The summed E-state index contributed by atoms with van der Waals surface area (Å²) in [5.74, 6) is 6.57. The van der Waals surface area contributed by atoms with Crippen LogP contribution in [0.2, 0.25) is 5.02 Å². The van der Waals surface area contributed by atoms with Gasteiger partial charge in [-0.05, 0) is 54.4 Å². The molecule has 0 atom stereocenters. The average molecular weight is 496 g/mol. The second-order valence-corrected chi connectivity index (χ2v) is 7.85. The summed E-state index contributed by atoms with van der Waals surface area (Å²) in [4.78, 5) is 38.5. The standard InChI is InChI=1S/C23H22ClN7O4/c24-17-5-3-16(4-6-17)15-30-21(31(25)23(34)29(22(30)33)13-2-14-32)28-18-7-9-19(10-8-18)35-20-26-11-1-12-27-20/h1,3-12,32H,2,13-15,25H2. The fraction of sp³-hybridized carbons (Fsp3) is 0.174. The Morgan fingerprint density at radius 1 is 0.971 bits per heavy atom. The maximum Gasteiger partial charge on any atom is 0.353 e. The maximum atomic E-state index is 13.2. The smallest absolute Gasteiger partial charge is 0.353 e. The molecule has 0 aliphatic rings. The molecule has 11 nitrogen and oxygen atoms in total. The van der Waals surface area contributed by atoms with Crippen molar-refractivity contribution in [1.82, 2.24) is 23.8 Å². The highest BCUT2D eigenvalue weighted by molar-refractivity contribution is 6.30. The Morgan fingerprint density at radius 2 is 1.66 bits per heavy atom. The zero-order valence-electron chi connectivity index (χ0n) is 18.5. The van der Waals surface area contributed by atoms with E-state index in [-0.39, 0.29) is 37.7 Å². The Morgan fingerprint density at radius 3 is 2.31 bits per heavy atom. The van der Waals surface area contributed by atoms with Crippen molar-refractivity contribution in [1.29, 1.82) is 0 Å². The zero-order chi connectivity index (χ0) is 24.8. The van der Waals surface area contributed by atoms with Crippen molar-refractivity contribution in [2.75, 3.05) is 12.4 Å². The zero-order valence-corrected chi connectivity index (χ0v) is 19.2. The van der Waals surface area contributed by atoms with E-state index in [1.807, 2.05) is 0 Å². The Hall–Kier alpha value is -4.22. The van der Waals surface area contributed by atoms with Crippen molar-refractivity contribution in [2.24, 2.45) is 4.99 Å². The van der Waals surface area contributed by atoms with Crippen LogP contribution in [0.5, 0.6) is 11.8 Å². The first-order chi connectivity index (χ1) is 17.0. The van der Waals surface area contributed by atoms with Crippen LogP contribution in [-0.4, -0.2) is 35.5 Å². The summed E-state index contributed by atoms with van der Waals surface area (Å²) in [6.45, 7) is -0.0694. The minimum absolute atomic E-state index is 0.0137. The predicted octanol–water partition coefficient (Wildman–Crippen LogP) is 1.42. The molecule has 180 valence electrons. The quantitative estimate of drug-likeness (QED) is 0.352. The van der Waals surface area contributed by atoms with Crippen molar-refractivity contribution >= 4 is 17.3 Å². The first kappa shape index (κ1) is 23.9. The number of aliphatic hydroxyl groups is 1. The number of hydrogen-bond acceptors (Lipinski definition) is 8. The molecule has 4 rings (SSSR count). The van der Waals surface area contributed by atoms with Crippen LogP contribution in [-0.2, 0) is 13.1 Å². The predicted molar refractivity (Wildman–Crippen MR) is 129 cm³/mol. The van der Waals surface area contributed by atoms with E-state index in [4.69, 9.17) is 27.3 Å². The van der Waals surface area contributed by atoms with Crippen molar-refractivity contribution in [2.45, 2.75) is 19.5 Å². The van der Waals surface area contributed by atoms with Crippen molar-refractivity contribution in [3.63, 3.8) is 0 Å². The SMILES string of the molecule is Nn1c(=O)n(CCCO)c(=O)n(Cc2ccc(Cl)cc2)c1=Nc1ccc(Oc2ncccn2)cc1. The topological polar surface area (TPSA) is 143 Å². The summed E-state index contributed by atoms with van der Waals surface area (Å²) in [6, 6.07) is 15.4. The van der Waals surface area contributed by atoms with E-state index in [9.17, 15) is 9.59 Å². The minimum atomic E-state index is -0.740. The van der Waals surface area contributed by atoms with Gasteiger partial charge in [0.2, 0.25) is 5.62 Å². The third-order valence-corrected chi connectivity index (χ3v) is 5.22. The van der Waals surface area contributed by atoms with E-state index in [0.717, 1.165) is 14.8 Å². The number of benzene rings is 2. The molecule has 0 saturated heterocycles. The van der Waals surface area contributed by atoms with E-state index in [0.29, 0.717) is 16.5 Å². The fourth-order valence-electron chi connectivity index (χ4n) is 3.25. The molecule has 2 heterocycles. The molecule has 0 unspecified atom stereocenters. The van der Waals surface area contributed by atoms with E-state index < -0.39 is 11.4 Å². The molecular weight excluding hydrogens is 474 g/mol. The van der Waals surface area contributed by atoms with Crippen molar-refractivity contribution < 1.29 is 9.84 Å². The van der Waals surface area contributed by atoms with E-state index in [2.05, 4.69) is 15.0 Å². The molecule has 0 fully saturated rings. The van der Waals surface area contributed by atoms with E-state index >= 15 is 0 Å². The van der Waals surface area contributed by atoms with Gasteiger partial charge >= 0.3 is 17.4 Å². The lowest BCUT2D eigenvalue weighted by molar-refractivity contribution is 0.275. The first-order valence-electron chi connectivity index (χ1n) is 10.6. The van der Waals surface area contributed by atoms with Gasteiger partial charge in [0.1, 0.15) is 5.75 Å². The van der Waals surface area contributed by atoms with Gasteiger partial charge in [-0.2, -0.15) is 4.68 Å². The van der Waals surface area contributed by atoms with Crippen LogP contribution in [0.4, 0.5) is 5.69 Å². The highest BCUT2D eigenvalue weighted by atomic mass is 35.5. The summed E-state index contributed by atoms with van der Waals surface area (Å²) in [7, 11) is 0. The van der Waals surface area contributed by atoms with Crippen LogP contribution in [0.1, 0.15) is 12.0 Å². The molecule has 0 aliphatic carbocycles. The molecule has 2 aromatic heterocycles. The number of halogens is 1. The third-order valence-electron chi connectivity index (χ3n) is 4.97. The van der Waals surface area contributed by atoms with Crippen LogP contribution < -0.4 is 27.6 Å². The summed E-state index contributed by atoms with van der Waals surface area (Å²) < 4.78 is 8.66. The molecule has 0 spiro atoms. The second-order valence-electron chi connectivity index (χ2n) is 7.42. The average Bonchev–Trinajstić information content (AvgIpc) is 2.87. The fourth-order valence-corrected chi connectivity index (χ4v) is 3.38. The number of hydrogen-bond donors (Lipinski definition) is 2. The summed E-state index contributed by atoms with van der Waals surface area (Å²) >= 11 is 5.98. The number of aliphatic hydroxyl groups excluding tert-OH is 1. The first-order valence-corrected chi connectivity index (χ1v) is 11.0. The molecule has 4 aromatic rings. The summed E-state index contributed by atoms with van der Waals surface area (Å²) in [5, 5.41) is 9.71. The number of nitrogen functional groups attached to an aromatic ring is 1. The van der Waals surface area contributed by atoms with E-state index in [1.165, 1.54) is 4.57 Å². The Balaban J connectivity index is 1.78. The Bertz CT molecular complexity index is 1480.